The largest absolute Gasteiger partial charge is 0.380 e. The molecule has 128 valence electrons. The number of hydrogen-bond acceptors (Lipinski definition) is 4. The third-order valence-electron chi connectivity index (χ3n) is 4.91. The molecule has 0 saturated carbocycles. The van der Waals surface area contributed by atoms with Crippen molar-refractivity contribution in [3.8, 4) is 17.1 Å². The van der Waals surface area contributed by atoms with E-state index in [0.717, 1.165) is 41.2 Å². The van der Waals surface area contributed by atoms with Crippen LogP contribution in [0.5, 0.6) is 0 Å². The molecule has 0 fully saturated rings. The Bertz CT molecular complexity index is 838. The van der Waals surface area contributed by atoms with E-state index < -0.39 is 5.60 Å². The van der Waals surface area contributed by atoms with E-state index in [1.807, 2.05) is 53.1 Å². The summed E-state index contributed by atoms with van der Waals surface area (Å²) in [6, 6.07) is 16.0. The van der Waals surface area contributed by atoms with Gasteiger partial charge in [0.05, 0.1) is 5.69 Å². The topological polar surface area (TPSA) is 54.2 Å². The van der Waals surface area contributed by atoms with Crippen molar-refractivity contribution in [1.82, 2.24) is 19.7 Å². The molecule has 0 saturated heterocycles. The van der Waals surface area contributed by atoms with Crippen molar-refractivity contribution < 1.29 is 5.11 Å². The van der Waals surface area contributed by atoms with Crippen LogP contribution in [0.3, 0.4) is 0 Å². The first-order chi connectivity index (χ1) is 12.1. The normalized spacial score (nSPS) is 18.4. The van der Waals surface area contributed by atoms with Gasteiger partial charge in [-0.05, 0) is 45.1 Å². The fourth-order valence-corrected chi connectivity index (χ4v) is 3.73. The van der Waals surface area contributed by atoms with Gasteiger partial charge in [-0.3, -0.25) is 4.57 Å². The Kier molecular flexibility index (Phi) is 3.90. The third-order valence-corrected chi connectivity index (χ3v) is 4.91. The summed E-state index contributed by atoms with van der Waals surface area (Å²) in [4.78, 5) is 2.15. The molecule has 1 unspecified atom stereocenters. The molecule has 0 aliphatic carbocycles. The lowest BCUT2D eigenvalue weighted by Gasteiger charge is -2.31. The van der Waals surface area contributed by atoms with Crippen LogP contribution in [0.15, 0.2) is 54.9 Å². The molecule has 4 rings (SSSR count). The zero-order chi connectivity index (χ0) is 17.4. The summed E-state index contributed by atoms with van der Waals surface area (Å²) in [5, 5.41) is 20.3. The second-order valence-corrected chi connectivity index (χ2v) is 6.85. The molecule has 3 aromatic rings. The van der Waals surface area contributed by atoms with Gasteiger partial charge in [-0.2, -0.15) is 0 Å². The molecule has 0 amide bonds. The van der Waals surface area contributed by atoms with Crippen molar-refractivity contribution >= 4 is 0 Å². The van der Waals surface area contributed by atoms with Crippen molar-refractivity contribution in [3.63, 3.8) is 0 Å². The second kappa shape index (κ2) is 6.10. The predicted octanol–water partition coefficient (Wildman–Crippen LogP) is 2.83. The van der Waals surface area contributed by atoms with Crippen molar-refractivity contribution in [2.75, 3.05) is 20.6 Å². The van der Waals surface area contributed by atoms with E-state index in [4.69, 9.17) is 0 Å². The molecular weight excluding hydrogens is 312 g/mol. The maximum Gasteiger partial charge on any atom is 0.168 e. The lowest BCUT2D eigenvalue weighted by atomic mass is 9.80. The Morgan fingerprint density at radius 2 is 1.76 bits per heavy atom. The number of hydrogen-bond donors (Lipinski definition) is 1. The highest BCUT2D eigenvalue weighted by Gasteiger charge is 2.39. The maximum absolute atomic E-state index is 11.9. The van der Waals surface area contributed by atoms with Crippen LogP contribution in [0.25, 0.3) is 17.1 Å². The van der Waals surface area contributed by atoms with Crippen molar-refractivity contribution in [1.29, 1.82) is 0 Å². The zero-order valence-electron chi connectivity index (χ0n) is 14.6. The standard InChI is InChI=1S/C20H22N4O/c1-23(2)13-7-12-20(25)16-9-4-3-8-15(16)19-22-21-14-24(19)18-11-6-5-10-17(18)20/h3-6,8-11,14,25H,7,12-13H2,1-2H3. The predicted molar refractivity (Wildman–Crippen MR) is 97.6 cm³/mol. The second-order valence-electron chi connectivity index (χ2n) is 6.85. The highest BCUT2D eigenvalue weighted by Crippen LogP contribution is 2.44. The molecule has 1 aromatic heterocycles. The molecule has 1 aliphatic heterocycles. The lowest BCUT2D eigenvalue weighted by Crippen LogP contribution is -2.29. The Hall–Kier alpha value is -2.50. The molecule has 1 N–H and O–H groups in total. The van der Waals surface area contributed by atoms with Crippen molar-refractivity contribution in [3.05, 3.63) is 66.0 Å². The lowest BCUT2D eigenvalue weighted by molar-refractivity contribution is 0.0675. The molecule has 2 aromatic carbocycles. The summed E-state index contributed by atoms with van der Waals surface area (Å²) < 4.78 is 1.97. The number of benzene rings is 2. The van der Waals surface area contributed by atoms with Gasteiger partial charge >= 0.3 is 0 Å². The van der Waals surface area contributed by atoms with Gasteiger partial charge in [0.15, 0.2) is 5.82 Å². The van der Waals surface area contributed by atoms with Crippen LogP contribution in [0.1, 0.15) is 24.0 Å². The maximum atomic E-state index is 11.9. The monoisotopic (exact) mass is 334 g/mol. The van der Waals surface area contributed by atoms with E-state index in [9.17, 15) is 5.11 Å². The minimum atomic E-state index is -1.05. The number of fused-ring (bicyclic) bond motifs is 5. The highest BCUT2D eigenvalue weighted by molar-refractivity contribution is 5.70. The highest BCUT2D eigenvalue weighted by atomic mass is 16.3. The summed E-state index contributed by atoms with van der Waals surface area (Å²) in [5.41, 5.74) is 2.62. The minimum Gasteiger partial charge on any atom is -0.380 e. The fourth-order valence-electron chi connectivity index (χ4n) is 3.73. The zero-order valence-corrected chi connectivity index (χ0v) is 14.6. The van der Waals surface area contributed by atoms with Crippen LogP contribution < -0.4 is 0 Å². The molecule has 25 heavy (non-hydrogen) atoms. The molecule has 1 atom stereocenters. The Labute approximate surface area is 147 Å². The fraction of sp³-hybridized carbons (Fsp3) is 0.300. The number of aromatic nitrogens is 3. The molecule has 1 aliphatic rings. The first-order valence-corrected chi connectivity index (χ1v) is 8.58. The molecule has 2 heterocycles. The van der Waals surface area contributed by atoms with Crippen molar-refractivity contribution in [2.24, 2.45) is 0 Å². The number of nitrogens with zero attached hydrogens (tertiary/aromatic N) is 4. The van der Waals surface area contributed by atoms with Crippen LogP contribution in [-0.2, 0) is 5.60 Å². The minimum absolute atomic E-state index is 0.650. The average Bonchev–Trinajstić information content (AvgIpc) is 3.08. The van der Waals surface area contributed by atoms with E-state index in [1.165, 1.54) is 0 Å². The Balaban J connectivity index is 1.94. The van der Waals surface area contributed by atoms with E-state index >= 15 is 0 Å². The van der Waals surface area contributed by atoms with Gasteiger partial charge in [0.25, 0.3) is 0 Å². The molecule has 0 radical (unpaired) electrons. The van der Waals surface area contributed by atoms with Crippen LogP contribution >= 0.6 is 0 Å². The summed E-state index contributed by atoms with van der Waals surface area (Å²) in [5.74, 6) is 0.770. The summed E-state index contributed by atoms with van der Waals surface area (Å²) in [6.07, 6.45) is 3.26. The third kappa shape index (κ3) is 2.56. The van der Waals surface area contributed by atoms with E-state index in [2.05, 4.69) is 29.2 Å². The number of para-hydroxylation sites is 1. The van der Waals surface area contributed by atoms with E-state index in [1.54, 1.807) is 6.33 Å². The van der Waals surface area contributed by atoms with E-state index in [-0.39, 0.29) is 0 Å². The van der Waals surface area contributed by atoms with Crippen molar-refractivity contribution in [2.45, 2.75) is 18.4 Å². The van der Waals surface area contributed by atoms with Gasteiger partial charge in [0.1, 0.15) is 11.9 Å². The molecule has 0 bridgehead atoms. The summed E-state index contributed by atoms with van der Waals surface area (Å²) in [6.45, 7) is 0.929. The summed E-state index contributed by atoms with van der Waals surface area (Å²) in [7, 11) is 4.11. The van der Waals surface area contributed by atoms with Crippen LogP contribution in [-0.4, -0.2) is 45.4 Å². The van der Waals surface area contributed by atoms with Gasteiger partial charge in [-0.25, -0.2) is 0 Å². The number of aliphatic hydroxyl groups is 1. The molecule has 5 heteroatoms. The van der Waals surface area contributed by atoms with Gasteiger partial charge in [0, 0.05) is 11.1 Å². The van der Waals surface area contributed by atoms with E-state index in [0.29, 0.717) is 6.42 Å². The first kappa shape index (κ1) is 16.0. The van der Waals surface area contributed by atoms with Gasteiger partial charge in [-0.1, -0.05) is 42.5 Å². The SMILES string of the molecule is CN(C)CCCC1(O)c2ccccc2-c2nncn2-c2ccccc21. The van der Waals surface area contributed by atoms with Crippen LogP contribution in [0.4, 0.5) is 0 Å². The molecule has 0 spiro atoms. The van der Waals surface area contributed by atoms with Gasteiger partial charge < -0.3 is 10.0 Å². The molecular formula is C20H22N4O. The number of rotatable bonds is 4. The van der Waals surface area contributed by atoms with Gasteiger partial charge in [-0.15, -0.1) is 10.2 Å². The van der Waals surface area contributed by atoms with Gasteiger partial charge in [0.2, 0.25) is 0 Å². The molecule has 5 nitrogen and oxygen atoms in total. The first-order valence-electron chi connectivity index (χ1n) is 8.58. The quantitative estimate of drug-likeness (QED) is 0.797. The summed E-state index contributed by atoms with van der Waals surface area (Å²) >= 11 is 0. The van der Waals surface area contributed by atoms with Crippen LogP contribution in [0.2, 0.25) is 0 Å². The van der Waals surface area contributed by atoms with Crippen LogP contribution in [0, 0.1) is 0 Å². The Morgan fingerprint density at radius 3 is 2.56 bits per heavy atom. The average molecular weight is 334 g/mol. The Morgan fingerprint density at radius 1 is 1.04 bits per heavy atom. The smallest absolute Gasteiger partial charge is 0.168 e.